The average Bonchev–Trinajstić information content (AvgIpc) is 3.14. The lowest BCUT2D eigenvalue weighted by Gasteiger charge is -2.27. The highest BCUT2D eigenvalue weighted by molar-refractivity contribution is 8.03. The van der Waals surface area contributed by atoms with E-state index in [2.05, 4.69) is 60.5 Å². The highest BCUT2D eigenvalue weighted by Crippen LogP contribution is 2.46. The minimum Gasteiger partial charge on any atom is -0.494 e. The van der Waals surface area contributed by atoms with Gasteiger partial charge >= 0.3 is 0 Å². The maximum atomic E-state index is 13.2. The predicted molar refractivity (Wildman–Crippen MR) is 143 cm³/mol. The van der Waals surface area contributed by atoms with Crippen molar-refractivity contribution in [1.82, 2.24) is 9.13 Å². The van der Waals surface area contributed by atoms with Gasteiger partial charge in [-0.05, 0) is 86.2 Å². The summed E-state index contributed by atoms with van der Waals surface area (Å²) in [5.41, 5.74) is 4.69. The van der Waals surface area contributed by atoms with E-state index in [0.29, 0.717) is 29.3 Å². The zero-order valence-corrected chi connectivity index (χ0v) is 21.4. The molecule has 0 amide bonds. The number of rotatable bonds is 4. The molecule has 1 atom stereocenters. The number of aromatic nitrogens is 2. The predicted octanol–water partition coefficient (Wildman–Crippen LogP) is 6.26. The van der Waals surface area contributed by atoms with Crippen LogP contribution >= 0.6 is 24.0 Å². The number of thioether (sulfide) groups is 1. The van der Waals surface area contributed by atoms with Crippen LogP contribution in [0.25, 0.3) is 5.57 Å². The Bertz CT molecular complexity index is 1410. The Balaban J connectivity index is 1.52. The lowest BCUT2D eigenvalue weighted by atomic mass is 9.78. The van der Waals surface area contributed by atoms with Crippen molar-refractivity contribution in [2.24, 2.45) is 5.92 Å². The van der Waals surface area contributed by atoms with Gasteiger partial charge in [-0.2, -0.15) is 0 Å². The Hall–Kier alpha value is -2.77. The summed E-state index contributed by atoms with van der Waals surface area (Å²) in [4.78, 5) is 16.8. The van der Waals surface area contributed by atoms with Gasteiger partial charge in [-0.15, -0.1) is 0 Å². The summed E-state index contributed by atoms with van der Waals surface area (Å²) in [7, 11) is 2.12. The van der Waals surface area contributed by atoms with Crippen LogP contribution in [-0.2, 0) is 13.1 Å². The minimum absolute atomic E-state index is 0.0346. The van der Waals surface area contributed by atoms with Crippen LogP contribution in [0.2, 0.25) is 0 Å². The molecular formula is C27H29N3O2S2. The number of hydrogen-bond donors (Lipinski definition) is 1. The lowest BCUT2D eigenvalue weighted by molar-refractivity contribution is 0.398. The summed E-state index contributed by atoms with van der Waals surface area (Å²) in [6.45, 7) is 4.81. The van der Waals surface area contributed by atoms with Gasteiger partial charge in [-0.1, -0.05) is 42.1 Å². The summed E-state index contributed by atoms with van der Waals surface area (Å²) in [6, 6.07) is 8.47. The zero-order chi connectivity index (χ0) is 24.0. The SMILES string of the molecule is CCn1c(O)c(C2=CCC3CCC(C=C4Sc5ccccc5N4C)=CC3=C2)c(=O)n(CC)c1=S. The van der Waals surface area contributed by atoms with Crippen molar-refractivity contribution >= 4 is 35.2 Å². The third kappa shape index (κ3) is 3.81. The first-order valence-electron chi connectivity index (χ1n) is 11.8. The monoisotopic (exact) mass is 491 g/mol. The van der Waals surface area contributed by atoms with E-state index in [0.717, 1.165) is 24.8 Å². The third-order valence-corrected chi connectivity index (χ3v) is 8.56. The Labute approximate surface area is 209 Å². The van der Waals surface area contributed by atoms with Crippen LogP contribution in [0.5, 0.6) is 5.88 Å². The molecule has 5 rings (SSSR count). The van der Waals surface area contributed by atoms with Gasteiger partial charge in [0.05, 0.1) is 10.7 Å². The van der Waals surface area contributed by atoms with Crippen LogP contribution in [0.4, 0.5) is 5.69 Å². The van der Waals surface area contributed by atoms with E-state index in [1.165, 1.54) is 26.8 Å². The summed E-state index contributed by atoms with van der Waals surface area (Å²) >= 11 is 7.25. The van der Waals surface area contributed by atoms with Crippen molar-refractivity contribution in [3.63, 3.8) is 0 Å². The second-order valence-electron chi connectivity index (χ2n) is 8.88. The van der Waals surface area contributed by atoms with E-state index in [1.807, 2.05) is 13.8 Å². The molecule has 1 aromatic heterocycles. The molecule has 176 valence electrons. The molecule has 2 aromatic rings. The molecule has 1 unspecified atom stereocenters. The molecule has 2 heterocycles. The van der Waals surface area contributed by atoms with Crippen LogP contribution in [0.3, 0.4) is 0 Å². The Kier molecular flexibility index (Phi) is 6.16. The molecule has 0 saturated carbocycles. The van der Waals surface area contributed by atoms with Crippen molar-refractivity contribution in [3.8, 4) is 5.88 Å². The number of hydrogen-bond acceptors (Lipinski definition) is 5. The topological polar surface area (TPSA) is 50.4 Å². The molecular weight excluding hydrogens is 462 g/mol. The molecule has 1 aliphatic heterocycles. The number of fused-ring (bicyclic) bond motifs is 2. The first kappa shape index (κ1) is 23.0. The molecule has 7 heteroatoms. The molecule has 2 aliphatic carbocycles. The van der Waals surface area contributed by atoms with Gasteiger partial charge in [0, 0.05) is 25.0 Å². The third-order valence-electron chi connectivity index (χ3n) is 6.95. The fourth-order valence-corrected chi connectivity index (χ4v) is 6.59. The van der Waals surface area contributed by atoms with Crippen molar-refractivity contribution in [3.05, 3.63) is 85.4 Å². The molecule has 1 aromatic carbocycles. The van der Waals surface area contributed by atoms with E-state index in [1.54, 1.807) is 20.9 Å². The van der Waals surface area contributed by atoms with E-state index in [9.17, 15) is 9.90 Å². The number of para-hydroxylation sites is 1. The number of anilines is 1. The molecule has 1 N–H and O–H groups in total. The second kappa shape index (κ2) is 9.12. The van der Waals surface area contributed by atoms with Gasteiger partial charge in [0.15, 0.2) is 4.77 Å². The highest BCUT2D eigenvalue weighted by atomic mass is 32.2. The van der Waals surface area contributed by atoms with Crippen LogP contribution in [0, 0.1) is 10.7 Å². The second-order valence-corrected chi connectivity index (χ2v) is 10.3. The van der Waals surface area contributed by atoms with E-state index in [-0.39, 0.29) is 11.4 Å². The molecule has 0 saturated heterocycles. The molecule has 0 radical (unpaired) electrons. The fraction of sp³-hybridized carbons (Fsp3) is 0.333. The first-order chi connectivity index (χ1) is 16.4. The Morgan fingerprint density at radius 3 is 2.68 bits per heavy atom. The van der Waals surface area contributed by atoms with Crippen LogP contribution in [-0.4, -0.2) is 21.3 Å². The summed E-state index contributed by atoms with van der Waals surface area (Å²) in [5.74, 6) is 0.414. The summed E-state index contributed by atoms with van der Waals surface area (Å²) < 4.78 is 3.57. The summed E-state index contributed by atoms with van der Waals surface area (Å²) in [5, 5.41) is 12.2. The Morgan fingerprint density at radius 2 is 1.94 bits per heavy atom. The van der Waals surface area contributed by atoms with Crippen LogP contribution in [0.15, 0.2) is 74.4 Å². The lowest BCUT2D eigenvalue weighted by Crippen LogP contribution is -2.28. The van der Waals surface area contributed by atoms with Crippen LogP contribution < -0.4 is 10.5 Å². The molecule has 34 heavy (non-hydrogen) atoms. The Morgan fingerprint density at radius 1 is 1.18 bits per heavy atom. The first-order valence-corrected chi connectivity index (χ1v) is 13.1. The van der Waals surface area contributed by atoms with E-state index in [4.69, 9.17) is 12.2 Å². The van der Waals surface area contributed by atoms with Gasteiger partial charge in [-0.25, -0.2) is 0 Å². The summed E-state index contributed by atoms with van der Waals surface area (Å²) in [6.07, 6.45) is 11.7. The van der Waals surface area contributed by atoms with Gasteiger partial charge in [0.25, 0.3) is 5.56 Å². The fourth-order valence-electron chi connectivity index (χ4n) is 5.03. The largest absolute Gasteiger partial charge is 0.494 e. The maximum Gasteiger partial charge on any atom is 0.266 e. The van der Waals surface area contributed by atoms with Crippen molar-refractivity contribution < 1.29 is 5.11 Å². The average molecular weight is 492 g/mol. The van der Waals surface area contributed by atoms with Crippen LogP contribution in [0.1, 0.15) is 38.7 Å². The molecule has 0 spiro atoms. The van der Waals surface area contributed by atoms with Crippen molar-refractivity contribution in [2.45, 2.75) is 51.1 Å². The number of aromatic hydroxyl groups is 1. The van der Waals surface area contributed by atoms with Gasteiger partial charge in [0.2, 0.25) is 5.88 Å². The van der Waals surface area contributed by atoms with Crippen molar-refractivity contribution in [2.75, 3.05) is 11.9 Å². The van der Waals surface area contributed by atoms with Gasteiger partial charge in [0.1, 0.15) is 5.56 Å². The highest BCUT2D eigenvalue weighted by Gasteiger charge is 2.27. The van der Waals surface area contributed by atoms with E-state index >= 15 is 0 Å². The molecule has 3 aliphatic rings. The quantitative estimate of drug-likeness (QED) is 0.512. The molecule has 0 bridgehead atoms. The standard InChI is InChI=1S/C27H29N3O2S2/c1-4-29-25(31)24(26(32)30(5-2)27(29)33)19-13-12-18-11-10-17(14-20(18)16-19)15-23-28(3)21-8-6-7-9-22(21)34-23/h6-9,13-16,18,31H,4-5,10-12H2,1-3H3. The number of benzene rings is 1. The van der Waals surface area contributed by atoms with Crippen molar-refractivity contribution in [1.29, 1.82) is 0 Å². The van der Waals surface area contributed by atoms with Gasteiger partial charge < -0.3 is 10.0 Å². The minimum atomic E-state index is -0.222. The molecule has 5 nitrogen and oxygen atoms in total. The zero-order valence-electron chi connectivity index (χ0n) is 19.7. The van der Waals surface area contributed by atoms with E-state index < -0.39 is 0 Å². The smallest absolute Gasteiger partial charge is 0.266 e. The maximum absolute atomic E-state index is 13.2. The number of nitrogens with zero attached hydrogens (tertiary/aromatic N) is 3. The van der Waals surface area contributed by atoms with Gasteiger partial charge in [-0.3, -0.25) is 13.9 Å². The molecule has 0 fully saturated rings. The number of allylic oxidation sites excluding steroid dienone is 7. The normalized spacial score (nSPS) is 20.6.